The predicted octanol–water partition coefficient (Wildman–Crippen LogP) is 2.85. The first kappa shape index (κ1) is 16.8. The summed E-state index contributed by atoms with van der Waals surface area (Å²) in [6.45, 7) is 4.94. The zero-order valence-corrected chi connectivity index (χ0v) is 14.6. The molecule has 1 saturated heterocycles. The van der Waals surface area contributed by atoms with E-state index in [-0.39, 0.29) is 0 Å². The lowest BCUT2D eigenvalue weighted by Gasteiger charge is -2.31. The number of aryl methyl sites for hydroxylation is 1. The van der Waals surface area contributed by atoms with Crippen molar-refractivity contribution in [2.45, 2.75) is 32.7 Å². The number of hydrogen-bond donors (Lipinski definition) is 0. The van der Waals surface area contributed by atoms with Gasteiger partial charge in [-0.1, -0.05) is 5.16 Å². The molecule has 2 heterocycles. The van der Waals surface area contributed by atoms with Crippen LogP contribution in [0.25, 0.3) is 0 Å². The fourth-order valence-corrected chi connectivity index (χ4v) is 3.23. The minimum absolute atomic E-state index is 0.626. The summed E-state index contributed by atoms with van der Waals surface area (Å²) in [4.78, 5) is 6.79. The lowest BCUT2D eigenvalue weighted by molar-refractivity contribution is 0.170. The van der Waals surface area contributed by atoms with E-state index in [1.165, 1.54) is 5.56 Å². The Kier molecular flexibility index (Phi) is 5.35. The monoisotopic (exact) mass is 331 g/mol. The van der Waals surface area contributed by atoms with Crippen molar-refractivity contribution in [2.24, 2.45) is 5.92 Å². The maximum atomic E-state index is 5.35. The number of rotatable bonds is 6. The molecule has 0 unspecified atom stereocenters. The summed E-state index contributed by atoms with van der Waals surface area (Å²) in [7, 11) is 3.37. The highest BCUT2D eigenvalue weighted by Gasteiger charge is 2.21. The van der Waals surface area contributed by atoms with Gasteiger partial charge in [0.15, 0.2) is 5.82 Å². The molecule has 0 spiro atoms. The number of ether oxygens (including phenoxy) is 2. The second-order valence-electron chi connectivity index (χ2n) is 6.38. The molecule has 0 aliphatic carbocycles. The van der Waals surface area contributed by atoms with Crippen LogP contribution in [-0.2, 0) is 13.0 Å². The Morgan fingerprint density at radius 1 is 1.12 bits per heavy atom. The molecule has 0 radical (unpaired) electrons. The first-order chi connectivity index (χ1) is 11.7. The maximum absolute atomic E-state index is 5.35. The molecular weight excluding hydrogens is 306 g/mol. The first-order valence-corrected chi connectivity index (χ1v) is 8.39. The molecule has 24 heavy (non-hydrogen) atoms. The molecule has 3 rings (SSSR count). The lowest BCUT2D eigenvalue weighted by Crippen LogP contribution is -2.33. The van der Waals surface area contributed by atoms with Gasteiger partial charge in [-0.25, -0.2) is 0 Å². The van der Waals surface area contributed by atoms with Crippen LogP contribution in [0.5, 0.6) is 11.5 Å². The van der Waals surface area contributed by atoms with E-state index >= 15 is 0 Å². The van der Waals surface area contributed by atoms with Gasteiger partial charge in [-0.05, 0) is 56.5 Å². The van der Waals surface area contributed by atoms with Crippen molar-refractivity contribution >= 4 is 0 Å². The van der Waals surface area contributed by atoms with Crippen LogP contribution in [0.15, 0.2) is 22.7 Å². The molecule has 0 saturated carbocycles. The molecular formula is C18H25N3O3. The van der Waals surface area contributed by atoms with Gasteiger partial charge in [0.1, 0.15) is 11.5 Å². The second kappa shape index (κ2) is 7.66. The van der Waals surface area contributed by atoms with E-state index in [0.29, 0.717) is 5.92 Å². The Morgan fingerprint density at radius 2 is 1.79 bits per heavy atom. The van der Waals surface area contributed by atoms with Gasteiger partial charge in [0.05, 0.1) is 14.2 Å². The number of aromatic nitrogens is 2. The Labute approximate surface area is 142 Å². The highest BCUT2D eigenvalue weighted by Crippen LogP contribution is 2.26. The lowest BCUT2D eigenvalue weighted by atomic mass is 9.93. The Hall–Kier alpha value is -2.08. The van der Waals surface area contributed by atoms with Gasteiger partial charge in [-0.15, -0.1) is 0 Å². The average Bonchev–Trinajstić information content (AvgIpc) is 3.01. The molecule has 0 amide bonds. The molecule has 0 N–H and O–H groups in total. The van der Waals surface area contributed by atoms with E-state index in [2.05, 4.69) is 27.2 Å². The van der Waals surface area contributed by atoms with Crippen LogP contribution < -0.4 is 9.47 Å². The molecule has 130 valence electrons. The van der Waals surface area contributed by atoms with E-state index < -0.39 is 0 Å². The number of nitrogens with zero attached hydrogens (tertiary/aromatic N) is 3. The van der Waals surface area contributed by atoms with Crippen molar-refractivity contribution in [1.82, 2.24) is 15.0 Å². The van der Waals surface area contributed by atoms with Crippen LogP contribution >= 0.6 is 0 Å². The molecule has 6 heteroatoms. The largest absolute Gasteiger partial charge is 0.497 e. The van der Waals surface area contributed by atoms with Gasteiger partial charge in [0.25, 0.3) is 0 Å². The van der Waals surface area contributed by atoms with Crippen LogP contribution in [0.1, 0.15) is 30.1 Å². The number of benzene rings is 1. The standard InChI is InChI=1S/C18H25N3O3/c1-13-19-18(24-20-13)10-14-4-6-21(7-5-14)12-15-8-16(22-2)11-17(9-15)23-3/h8-9,11,14H,4-7,10,12H2,1-3H3. The van der Waals surface area contributed by atoms with Gasteiger partial charge in [0, 0.05) is 19.0 Å². The summed E-state index contributed by atoms with van der Waals surface area (Å²) >= 11 is 0. The van der Waals surface area contributed by atoms with Crippen LogP contribution in [0.2, 0.25) is 0 Å². The van der Waals surface area contributed by atoms with Gasteiger partial charge in [-0.3, -0.25) is 4.90 Å². The maximum Gasteiger partial charge on any atom is 0.226 e. The van der Waals surface area contributed by atoms with Crippen LogP contribution in [0.3, 0.4) is 0 Å². The molecule has 0 atom stereocenters. The predicted molar refractivity (Wildman–Crippen MR) is 90.3 cm³/mol. The fourth-order valence-electron chi connectivity index (χ4n) is 3.23. The van der Waals surface area contributed by atoms with Crippen LogP contribution in [-0.4, -0.2) is 42.3 Å². The zero-order chi connectivity index (χ0) is 16.9. The molecule has 1 aliphatic heterocycles. The summed E-state index contributed by atoms with van der Waals surface area (Å²) in [5.74, 6) is 3.79. The van der Waals surface area contributed by atoms with E-state index in [1.54, 1.807) is 14.2 Å². The zero-order valence-electron chi connectivity index (χ0n) is 14.6. The summed E-state index contributed by atoms with van der Waals surface area (Å²) in [6, 6.07) is 6.06. The fraction of sp³-hybridized carbons (Fsp3) is 0.556. The minimum atomic E-state index is 0.626. The van der Waals surface area contributed by atoms with E-state index in [0.717, 1.165) is 62.1 Å². The number of hydrogen-bond acceptors (Lipinski definition) is 6. The van der Waals surface area contributed by atoms with E-state index in [1.807, 2.05) is 13.0 Å². The SMILES string of the molecule is COc1cc(CN2CCC(Cc3nc(C)no3)CC2)cc(OC)c1. The third kappa shape index (κ3) is 4.26. The van der Waals surface area contributed by atoms with E-state index in [4.69, 9.17) is 14.0 Å². The van der Waals surface area contributed by atoms with Gasteiger partial charge in [0.2, 0.25) is 5.89 Å². The van der Waals surface area contributed by atoms with Crippen LogP contribution in [0.4, 0.5) is 0 Å². The van der Waals surface area contributed by atoms with Crippen molar-refractivity contribution in [3.8, 4) is 11.5 Å². The Balaban J connectivity index is 1.53. The van der Waals surface area contributed by atoms with Gasteiger partial charge in [-0.2, -0.15) is 4.98 Å². The molecule has 0 bridgehead atoms. The normalized spacial score (nSPS) is 16.3. The molecule has 1 aromatic heterocycles. The first-order valence-electron chi connectivity index (χ1n) is 8.39. The third-order valence-electron chi connectivity index (χ3n) is 4.56. The summed E-state index contributed by atoms with van der Waals surface area (Å²) in [5, 5.41) is 3.87. The molecule has 2 aromatic rings. The highest BCUT2D eigenvalue weighted by molar-refractivity contribution is 5.38. The Morgan fingerprint density at radius 3 is 2.33 bits per heavy atom. The summed E-state index contributed by atoms with van der Waals surface area (Å²) in [6.07, 6.45) is 3.20. The van der Waals surface area contributed by atoms with Crippen molar-refractivity contribution in [2.75, 3.05) is 27.3 Å². The second-order valence-corrected chi connectivity index (χ2v) is 6.38. The molecule has 6 nitrogen and oxygen atoms in total. The summed E-state index contributed by atoms with van der Waals surface area (Å²) < 4.78 is 15.9. The van der Waals surface area contributed by atoms with Crippen molar-refractivity contribution in [1.29, 1.82) is 0 Å². The number of methoxy groups -OCH3 is 2. The Bertz CT molecular complexity index is 641. The minimum Gasteiger partial charge on any atom is -0.497 e. The number of piperidine rings is 1. The van der Waals surface area contributed by atoms with E-state index in [9.17, 15) is 0 Å². The topological polar surface area (TPSA) is 60.6 Å². The van der Waals surface area contributed by atoms with Gasteiger partial charge >= 0.3 is 0 Å². The molecule has 1 aromatic carbocycles. The average molecular weight is 331 g/mol. The molecule has 1 aliphatic rings. The third-order valence-corrected chi connectivity index (χ3v) is 4.56. The summed E-state index contributed by atoms with van der Waals surface area (Å²) in [5.41, 5.74) is 1.22. The van der Waals surface area contributed by atoms with Crippen molar-refractivity contribution in [3.05, 3.63) is 35.5 Å². The highest BCUT2D eigenvalue weighted by atomic mass is 16.5. The smallest absolute Gasteiger partial charge is 0.226 e. The van der Waals surface area contributed by atoms with Crippen molar-refractivity contribution in [3.63, 3.8) is 0 Å². The molecule has 1 fully saturated rings. The van der Waals surface area contributed by atoms with Gasteiger partial charge < -0.3 is 14.0 Å². The van der Waals surface area contributed by atoms with Crippen molar-refractivity contribution < 1.29 is 14.0 Å². The van der Waals surface area contributed by atoms with Crippen LogP contribution in [0, 0.1) is 12.8 Å². The quantitative estimate of drug-likeness (QED) is 0.811. The number of likely N-dealkylation sites (tertiary alicyclic amines) is 1.